The highest BCUT2D eigenvalue weighted by Gasteiger charge is 2.41. The predicted octanol–water partition coefficient (Wildman–Crippen LogP) is 26.4. The van der Waals surface area contributed by atoms with Crippen molar-refractivity contribution in [3.8, 4) is 5.75 Å². The van der Waals surface area contributed by atoms with Crippen LogP contribution >= 0.6 is 11.6 Å². The van der Waals surface area contributed by atoms with Crippen LogP contribution in [0, 0.1) is 6.92 Å². The SMILES string of the molecule is CC(F)(F)c1ccc(N=C2C(=O)N(c3ccccc3)c3ccccc32)cc1.CC(F)(F)c1cccc(N=C2C(=O)N(c3ccc(O)cc3)c3ccccc32)c1.CC(F)(F)c1cccc(N=C2C(=O)N(c3ccccc3)c3ccccc32)c1.Cc1ccc(N=C2C(=O)N(c3ccccc3)c3ccccc32)cc1.O=C1C(=Nc2cccc(Cl)c2)c2ccccc2N1c1ccccc1. The molecule has 23 heteroatoms. The van der Waals surface area contributed by atoms with E-state index in [2.05, 4.69) is 25.0 Å². The maximum absolute atomic E-state index is 13.6. The zero-order valence-electron chi connectivity index (χ0n) is 70.1. The lowest BCUT2D eigenvalue weighted by atomic mass is 10.1. The number of hydrogen-bond donors (Lipinski definition) is 1. The lowest BCUT2D eigenvalue weighted by Gasteiger charge is -2.16. The first-order chi connectivity index (χ1) is 62.7. The highest BCUT2D eigenvalue weighted by atomic mass is 35.5. The summed E-state index contributed by atoms with van der Waals surface area (Å²) in [7, 11) is 0. The van der Waals surface area contributed by atoms with Gasteiger partial charge in [-0.05, 0) is 177 Å². The van der Waals surface area contributed by atoms with Gasteiger partial charge < -0.3 is 5.11 Å². The van der Waals surface area contributed by atoms with E-state index in [1.165, 1.54) is 83.3 Å². The third-order valence-corrected chi connectivity index (χ3v) is 21.6. The van der Waals surface area contributed by atoms with Gasteiger partial charge in [0.05, 0.1) is 56.9 Å². The van der Waals surface area contributed by atoms with Gasteiger partial charge in [0.2, 0.25) is 0 Å². The molecule has 15 aromatic carbocycles. The Morgan fingerprint density at radius 3 is 0.762 bits per heavy atom. The van der Waals surface area contributed by atoms with Gasteiger partial charge in [0.25, 0.3) is 47.3 Å². The Morgan fingerprint density at radius 2 is 0.485 bits per heavy atom. The number of anilines is 10. The van der Waals surface area contributed by atoms with Gasteiger partial charge in [-0.1, -0.05) is 236 Å². The summed E-state index contributed by atoms with van der Waals surface area (Å²) in [6.45, 7) is 4.54. The largest absolute Gasteiger partial charge is 0.508 e. The minimum atomic E-state index is -2.99. The van der Waals surface area contributed by atoms with Crippen molar-refractivity contribution in [2.24, 2.45) is 25.0 Å². The van der Waals surface area contributed by atoms with Crippen LogP contribution in [0.25, 0.3) is 0 Å². The molecule has 20 rings (SSSR count). The molecule has 0 spiro atoms. The number of nitrogens with zero attached hydrogens (tertiary/aromatic N) is 10. The molecule has 0 atom stereocenters. The third kappa shape index (κ3) is 18.9. The van der Waals surface area contributed by atoms with Gasteiger partial charge in [0, 0.05) is 98.7 Å². The lowest BCUT2D eigenvalue weighted by Crippen LogP contribution is -2.25. The number of halogens is 7. The summed E-state index contributed by atoms with van der Waals surface area (Å²) in [6, 6.07) is 114. The number of carbonyl (C=O) groups is 5. The molecule has 0 aromatic heterocycles. The fraction of sp³-hybridized carbons (Fsp3) is 0.0654. The molecule has 1 N–H and O–H groups in total. The predicted molar refractivity (Wildman–Crippen MR) is 503 cm³/mol. The van der Waals surface area contributed by atoms with Crippen LogP contribution in [0.3, 0.4) is 0 Å². The highest BCUT2D eigenvalue weighted by Crippen LogP contribution is 2.44. The third-order valence-electron chi connectivity index (χ3n) is 21.3. The molecular formula is C107H77ClF6N10O6. The maximum atomic E-state index is 13.6. The van der Waals surface area contributed by atoms with E-state index in [1.807, 2.05) is 262 Å². The number of carbonyl (C=O) groups excluding carboxylic acids is 5. The van der Waals surface area contributed by atoms with Crippen molar-refractivity contribution in [1.82, 2.24) is 0 Å². The molecule has 5 amide bonds. The van der Waals surface area contributed by atoms with E-state index in [0.29, 0.717) is 61.7 Å². The van der Waals surface area contributed by atoms with Gasteiger partial charge in [-0.3, -0.25) is 48.5 Å². The van der Waals surface area contributed by atoms with Crippen LogP contribution in [-0.2, 0) is 41.7 Å². The minimum Gasteiger partial charge on any atom is -0.508 e. The number of aryl methyl sites for hydroxylation is 1. The Hall–Kier alpha value is -16.3. The summed E-state index contributed by atoms with van der Waals surface area (Å²) in [4.78, 5) is 95.9. The number of benzene rings is 15. The molecule has 0 saturated heterocycles. The second-order valence-corrected chi connectivity index (χ2v) is 31.0. The van der Waals surface area contributed by atoms with E-state index in [1.54, 1.807) is 80.3 Å². The standard InChI is InChI=1S/C22H16F2N2O2.2C22H16F2N2O.C21H16N2O.C20H13ClN2O/c1-22(23,24)14-5-4-6-15(13-14)25-20-18-7-2-3-8-19(18)26(21(20)28)16-9-11-17(27)12-10-16;1-22(23,24)15-8-7-9-16(14-15)25-20-18-12-5-6-13-19(18)26(21(20)27)17-10-3-2-4-11-17;1-22(23,24)15-11-13-16(14-12-15)25-20-18-9-5-6-10-19(18)26(21(20)27)17-7-3-2-4-8-17;1-15-11-13-16(14-12-15)22-20-18-9-5-6-10-19(18)23(21(20)24)17-7-3-2-4-8-17;21-14-7-6-8-15(13-14)22-19-17-11-4-5-12-18(17)23(20(19)24)16-9-2-1-3-10-16/h2-13,27H,1H3;2*2-14H,1H3;2-14H,1H3;1-13H. The van der Waals surface area contributed by atoms with Crippen LogP contribution in [0.2, 0.25) is 5.02 Å². The fourth-order valence-electron chi connectivity index (χ4n) is 15.1. The summed E-state index contributed by atoms with van der Waals surface area (Å²) in [5, 5.41) is 10.1. The Balaban J connectivity index is 0.000000119. The smallest absolute Gasteiger partial charge is 0.282 e. The van der Waals surface area contributed by atoms with Crippen LogP contribution in [0.4, 0.5) is 112 Å². The summed E-state index contributed by atoms with van der Waals surface area (Å²) >= 11 is 6.03. The van der Waals surface area contributed by atoms with Crippen molar-refractivity contribution in [2.75, 3.05) is 24.5 Å². The van der Waals surface area contributed by atoms with E-state index < -0.39 is 17.8 Å². The van der Waals surface area contributed by atoms with Crippen LogP contribution in [0.1, 0.15) is 70.8 Å². The molecule has 15 aromatic rings. The average Bonchev–Trinajstić information content (AvgIpc) is 1.63. The first kappa shape index (κ1) is 87.2. The second kappa shape index (κ2) is 37.5. The van der Waals surface area contributed by atoms with E-state index in [9.17, 15) is 55.4 Å². The number of aliphatic imine (C=N–C) groups is 5. The molecule has 0 bridgehead atoms. The van der Waals surface area contributed by atoms with Crippen molar-refractivity contribution in [1.29, 1.82) is 0 Å². The summed E-state index contributed by atoms with van der Waals surface area (Å²) in [5.74, 6) is -9.90. The molecule has 130 heavy (non-hydrogen) atoms. The van der Waals surface area contributed by atoms with Crippen molar-refractivity contribution < 1.29 is 55.4 Å². The number of amides is 5. The molecule has 0 radical (unpaired) electrons. The van der Waals surface area contributed by atoms with Crippen LogP contribution in [-0.4, -0.2) is 63.2 Å². The Morgan fingerprint density at radius 1 is 0.246 bits per heavy atom. The Labute approximate surface area is 750 Å². The summed E-state index contributed by atoms with van der Waals surface area (Å²) in [6.07, 6.45) is 0. The van der Waals surface area contributed by atoms with Crippen LogP contribution < -0.4 is 24.5 Å². The quantitative estimate of drug-likeness (QED) is 0.112. The van der Waals surface area contributed by atoms with Gasteiger partial charge in [-0.25, -0.2) is 51.3 Å². The number of para-hydroxylation sites is 9. The number of fused-ring (bicyclic) bond motifs is 5. The normalized spacial score (nSPS) is 15.1. The van der Waals surface area contributed by atoms with Gasteiger partial charge >= 0.3 is 0 Å². The molecule has 5 heterocycles. The highest BCUT2D eigenvalue weighted by molar-refractivity contribution is 6.59. The van der Waals surface area contributed by atoms with Gasteiger partial charge in [-0.2, -0.15) is 0 Å². The number of hydrogen-bond acceptors (Lipinski definition) is 11. The topological polar surface area (TPSA) is 184 Å². The number of phenols is 1. The molecular weight excluding hydrogens is 1670 g/mol. The molecule has 16 nitrogen and oxygen atoms in total. The number of phenolic OH excluding ortho intramolecular Hbond substituents is 1. The molecule has 5 aliphatic heterocycles. The monoisotopic (exact) mass is 1750 g/mol. The van der Waals surface area contributed by atoms with E-state index in [0.717, 1.165) is 88.6 Å². The zero-order valence-corrected chi connectivity index (χ0v) is 70.8. The average molecular weight is 1750 g/mol. The summed E-state index contributed by atoms with van der Waals surface area (Å²) in [5.41, 5.74) is 16.2. The number of aromatic hydroxyl groups is 1. The van der Waals surface area contributed by atoms with E-state index in [-0.39, 0.29) is 69.1 Å². The molecule has 5 aliphatic rings. The van der Waals surface area contributed by atoms with Crippen molar-refractivity contribution in [3.05, 3.63) is 443 Å². The molecule has 640 valence electrons. The van der Waals surface area contributed by atoms with Gasteiger partial charge in [0.15, 0.2) is 0 Å². The minimum absolute atomic E-state index is 0.0875. The Kier molecular flexibility index (Phi) is 25.1. The van der Waals surface area contributed by atoms with Crippen molar-refractivity contribution in [2.45, 2.75) is 45.5 Å². The Bertz CT molecular complexity index is 6970. The van der Waals surface area contributed by atoms with Crippen molar-refractivity contribution in [3.63, 3.8) is 0 Å². The molecule has 0 aliphatic carbocycles. The van der Waals surface area contributed by atoms with Crippen molar-refractivity contribution >= 4 is 155 Å². The maximum Gasteiger partial charge on any atom is 0.282 e. The molecule has 0 fully saturated rings. The van der Waals surface area contributed by atoms with E-state index >= 15 is 0 Å². The van der Waals surface area contributed by atoms with Crippen LogP contribution in [0.15, 0.2) is 413 Å². The number of alkyl halides is 6. The summed E-state index contributed by atoms with van der Waals surface area (Å²) < 4.78 is 81.3. The first-order valence-corrected chi connectivity index (χ1v) is 41.5. The lowest BCUT2D eigenvalue weighted by molar-refractivity contribution is -0.112. The van der Waals surface area contributed by atoms with Crippen LogP contribution in [0.5, 0.6) is 5.75 Å². The second-order valence-electron chi connectivity index (χ2n) is 30.6. The van der Waals surface area contributed by atoms with Gasteiger partial charge in [-0.15, -0.1) is 0 Å². The zero-order chi connectivity index (χ0) is 91.0. The number of rotatable bonds is 13. The van der Waals surface area contributed by atoms with E-state index in [4.69, 9.17) is 11.6 Å². The first-order valence-electron chi connectivity index (χ1n) is 41.1. The molecule has 0 saturated carbocycles. The van der Waals surface area contributed by atoms with Gasteiger partial charge in [0.1, 0.15) is 34.3 Å². The molecule has 0 unspecified atom stereocenters. The fourth-order valence-corrected chi connectivity index (χ4v) is 15.2.